The van der Waals surface area contributed by atoms with Gasteiger partial charge < -0.3 is 0 Å². The molecule has 3 aromatic rings. The molecular formula is C19H18F3N3S. The Morgan fingerprint density at radius 3 is 2.50 bits per heavy atom. The van der Waals surface area contributed by atoms with Gasteiger partial charge in [-0.2, -0.15) is 18.3 Å². The second-order valence-corrected chi connectivity index (χ2v) is 7.46. The van der Waals surface area contributed by atoms with E-state index in [9.17, 15) is 13.2 Å². The summed E-state index contributed by atoms with van der Waals surface area (Å²) in [6.07, 6.45) is -0.812. The van der Waals surface area contributed by atoms with Crippen molar-refractivity contribution in [1.82, 2.24) is 14.8 Å². The summed E-state index contributed by atoms with van der Waals surface area (Å²) in [7, 11) is 0. The quantitative estimate of drug-likeness (QED) is 0.545. The van der Waals surface area contributed by atoms with Crippen molar-refractivity contribution in [3.05, 3.63) is 52.2 Å². The van der Waals surface area contributed by atoms with Crippen LogP contribution in [0, 0.1) is 6.92 Å². The number of hydrogen-bond acceptors (Lipinski definition) is 3. The van der Waals surface area contributed by atoms with Crippen molar-refractivity contribution in [1.29, 1.82) is 0 Å². The number of halogens is 3. The van der Waals surface area contributed by atoms with Crippen LogP contribution in [-0.2, 0) is 19.0 Å². The second kappa shape index (κ2) is 6.54. The smallest absolute Gasteiger partial charge is 0.218 e. The van der Waals surface area contributed by atoms with Crippen molar-refractivity contribution < 1.29 is 13.2 Å². The molecule has 136 valence electrons. The van der Waals surface area contributed by atoms with E-state index in [1.165, 1.54) is 11.3 Å². The van der Waals surface area contributed by atoms with Gasteiger partial charge in [0.1, 0.15) is 0 Å². The second-order valence-electron chi connectivity index (χ2n) is 6.63. The summed E-state index contributed by atoms with van der Waals surface area (Å²) in [5.41, 5.74) is 2.95. The van der Waals surface area contributed by atoms with Crippen LogP contribution in [0.2, 0.25) is 0 Å². The number of thiazole rings is 1. The van der Waals surface area contributed by atoms with Gasteiger partial charge in [-0.1, -0.05) is 36.2 Å². The van der Waals surface area contributed by atoms with E-state index in [1.807, 2.05) is 31.2 Å². The molecule has 1 aliphatic carbocycles. The van der Waals surface area contributed by atoms with Gasteiger partial charge in [0, 0.05) is 16.5 Å². The molecule has 4 rings (SSSR count). The molecule has 0 aliphatic heterocycles. The first-order chi connectivity index (χ1) is 12.4. The molecule has 0 amide bonds. The Kier molecular flexibility index (Phi) is 4.34. The molecule has 0 saturated carbocycles. The number of aromatic nitrogens is 3. The first-order valence-electron chi connectivity index (χ1n) is 8.64. The Morgan fingerprint density at radius 1 is 1.04 bits per heavy atom. The molecule has 0 bridgehead atoms. The molecule has 0 N–H and O–H groups in total. The van der Waals surface area contributed by atoms with Gasteiger partial charge in [-0.25, -0.2) is 9.67 Å². The third kappa shape index (κ3) is 3.16. The molecule has 0 radical (unpaired) electrons. The molecule has 0 spiro atoms. The van der Waals surface area contributed by atoms with Crippen molar-refractivity contribution in [3.63, 3.8) is 0 Å². The van der Waals surface area contributed by atoms with E-state index in [0.29, 0.717) is 29.8 Å². The molecule has 3 nitrogen and oxygen atoms in total. The van der Waals surface area contributed by atoms with Crippen molar-refractivity contribution in [2.24, 2.45) is 0 Å². The number of rotatable bonds is 2. The summed E-state index contributed by atoms with van der Waals surface area (Å²) in [6.45, 7) is 1.99. The average molecular weight is 377 g/mol. The Morgan fingerprint density at radius 2 is 1.77 bits per heavy atom. The zero-order valence-corrected chi connectivity index (χ0v) is 15.1. The van der Waals surface area contributed by atoms with E-state index in [2.05, 4.69) is 10.1 Å². The van der Waals surface area contributed by atoms with Gasteiger partial charge >= 0.3 is 6.18 Å². The molecule has 1 aliphatic rings. The van der Waals surface area contributed by atoms with Crippen LogP contribution in [-0.4, -0.2) is 14.8 Å². The average Bonchev–Trinajstić information content (AvgIpc) is 3.15. The highest BCUT2D eigenvalue weighted by molar-refractivity contribution is 7.12. The van der Waals surface area contributed by atoms with Crippen LogP contribution in [0.3, 0.4) is 0 Å². The van der Waals surface area contributed by atoms with Gasteiger partial charge in [-0.3, -0.25) is 0 Å². The number of aryl methyl sites for hydroxylation is 2. The van der Waals surface area contributed by atoms with Crippen LogP contribution in [0.4, 0.5) is 13.2 Å². The van der Waals surface area contributed by atoms with Gasteiger partial charge in [-0.15, -0.1) is 11.3 Å². The Hall–Kier alpha value is -2.15. The van der Waals surface area contributed by atoms with Crippen LogP contribution in [0.15, 0.2) is 29.6 Å². The molecule has 0 unspecified atom stereocenters. The summed E-state index contributed by atoms with van der Waals surface area (Å²) in [4.78, 5) is 4.44. The van der Waals surface area contributed by atoms with Gasteiger partial charge in [0.25, 0.3) is 0 Å². The fraction of sp³-hybridized carbons (Fsp3) is 0.368. The van der Waals surface area contributed by atoms with Crippen molar-refractivity contribution in [3.8, 4) is 16.4 Å². The maximum Gasteiger partial charge on any atom is 0.433 e. The lowest BCUT2D eigenvalue weighted by atomic mass is 10.1. The summed E-state index contributed by atoms with van der Waals surface area (Å²) in [6, 6.07) is 7.78. The topological polar surface area (TPSA) is 30.7 Å². The van der Waals surface area contributed by atoms with E-state index in [-0.39, 0.29) is 5.13 Å². The van der Waals surface area contributed by atoms with Crippen LogP contribution in [0.1, 0.15) is 41.8 Å². The van der Waals surface area contributed by atoms with E-state index in [0.717, 1.165) is 35.1 Å². The van der Waals surface area contributed by atoms with Crippen LogP contribution < -0.4 is 0 Å². The number of benzene rings is 1. The maximum absolute atomic E-state index is 13.8. The fourth-order valence-electron chi connectivity index (χ4n) is 3.38. The van der Waals surface area contributed by atoms with Crippen molar-refractivity contribution >= 4 is 11.3 Å². The highest BCUT2D eigenvalue weighted by atomic mass is 32.1. The van der Waals surface area contributed by atoms with Gasteiger partial charge in [0.05, 0.1) is 11.4 Å². The summed E-state index contributed by atoms with van der Waals surface area (Å²) < 4.78 is 42.3. The lowest BCUT2D eigenvalue weighted by molar-refractivity contribution is -0.143. The number of nitrogens with zero attached hydrogens (tertiary/aromatic N) is 3. The Balaban J connectivity index is 1.80. The molecule has 1 aromatic carbocycles. The number of fused-ring (bicyclic) bond motifs is 1. The SMILES string of the molecule is Cc1ccc(-c2csc(-n3nc4c(c3C(F)(F)F)CCCCC4)n2)cc1. The van der Waals surface area contributed by atoms with Crippen LogP contribution in [0.25, 0.3) is 16.4 Å². The standard InChI is InChI=1S/C19H18F3N3S/c1-12-7-9-13(10-8-12)16-11-26-18(23-16)25-17(19(20,21)22)14-5-3-2-4-6-15(14)24-25/h7-11H,2-6H2,1H3. The zero-order chi connectivity index (χ0) is 18.3. The monoisotopic (exact) mass is 377 g/mol. The molecule has 2 heterocycles. The van der Waals surface area contributed by atoms with Crippen molar-refractivity contribution in [2.45, 2.75) is 45.2 Å². The van der Waals surface area contributed by atoms with Crippen molar-refractivity contribution in [2.75, 3.05) is 0 Å². The first-order valence-corrected chi connectivity index (χ1v) is 9.52. The van der Waals surface area contributed by atoms with Crippen LogP contribution in [0.5, 0.6) is 0 Å². The van der Waals surface area contributed by atoms with E-state index < -0.39 is 11.9 Å². The lowest BCUT2D eigenvalue weighted by Crippen LogP contribution is -2.15. The Labute approximate surface area is 153 Å². The molecule has 26 heavy (non-hydrogen) atoms. The van der Waals surface area contributed by atoms with E-state index in [1.54, 1.807) is 5.38 Å². The minimum absolute atomic E-state index is 0.265. The number of alkyl halides is 3. The fourth-order valence-corrected chi connectivity index (χ4v) is 4.17. The van der Waals surface area contributed by atoms with Gasteiger partial charge in [-0.05, 0) is 32.6 Å². The molecule has 7 heteroatoms. The molecule has 0 saturated heterocycles. The van der Waals surface area contributed by atoms with Crippen LogP contribution >= 0.6 is 11.3 Å². The Bertz CT molecular complexity index is 923. The normalized spacial score (nSPS) is 14.9. The highest BCUT2D eigenvalue weighted by Crippen LogP contribution is 2.38. The minimum Gasteiger partial charge on any atom is -0.218 e. The maximum atomic E-state index is 13.8. The van der Waals surface area contributed by atoms with E-state index >= 15 is 0 Å². The largest absolute Gasteiger partial charge is 0.433 e. The summed E-state index contributed by atoms with van der Waals surface area (Å²) >= 11 is 1.19. The molecule has 0 fully saturated rings. The molecule has 0 atom stereocenters. The molecular weight excluding hydrogens is 359 g/mol. The van der Waals surface area contributed by atoms with Gasteiger partial charge in [0.15, 0.2) is 5.69 Å². The lowest BCUT2D eigenvalue weighted by Gasteiger charge is -2.10. The summed E-state index contributed by atoms with van der Waals surface area (Å²) in [5, 5.41) is 6.36. The van der Waals surface area contributed by atoms with Gasteiger partial charge in [0.2, 0.25) is 5.13 Å². The first kappa shape index (κ1) is 17.3. The predicted molar refractivity (Wildman–Crippen MR) is 95.7 cm³/mol. The third-order valence-electron chi connectivity index (χ3n) is 4.70. The minimum atomic E-state index is -4.44. The third-order valence-corrected chi connectivity index (χ3v) is 5.51. The zero-order valence-electron chi connectivity index (χ0n) is 14.3. The number of hydrogen-bond donors (Lipinski definition) is 0. The molecule has 2 aromatic heterocycles. The van der Waals surface area contributed by atoms with E-state index in [4.69, 9.17) is 0 Å². The predicted octanol–water partition coefficient (Wildman–Crippen LogP) is 5.59. The highest BCUT2D eigenvalue weighted by Gasteiger charge is 2.41. The summed E-state index contributed by atoms with van der Waals surface area (Å²) in [5.74, 6) is 0.